The Hall–Kier alpha value is -2.33. The lowest BCUT2D eigenvalue weighted by Crippen LogP contribution is -2.31. The van der Waals surface area contributed by atoms with Gasteiger partial charge < -0.3 is 4.90 Å². The van der Waals surface area contributed by atoms with E-state index in [0.717, 1.165) is 18.4 Å². The Labute approximate surface area is 150 Å². The van der Waals surface area contributed by atoms with E-state index in [2.05, 4.69) is 46.7 Å². The fourth-order valence-electron chi connectivity index (χ4n) is 3.37. The van der Waals surface area contributed by atoms with Crippen LogP contribution in [0.1, 0.15) is 36.0 Å². The molecule has 0 unspecified atom stereocenters. The van der Waals surface area contributed by atoms with E-state index in [1.807, 2.05) is 12.1 Å². The maximum absolute atomic E-state index is 11.3. The second kappa shape index (κ2) is 8.67. The van der Waals surface area contributed by atoms with Crippen molar-refractivity contribution in [2.45, 2.75) is 38.5 Å². The molecule has 1 fully saturated rings. The van der Waals surface area contributed by atoms with Gasteiger partial charge in [0.05, 0.1) is 6.42 Å². The van der Waals surface area contributed by atoms with Crippen molar-refractivity contribution in [1.29, 1.82) is 0 Å². The molecule has 0 saturated carbocycles. The summed E-state index contributed by atoms with van der Waals surface area (Å²) < 4.78 is 0. The number of hydrazine groups is 1. The largest absolute Gasteiger partial charge is 0.372 e. The topological polar surface area (TPSA) is 58.4 Å². The summed E-state index contributed by atoms with van der Waals surface area (Å²) in [7, 11) is 0. The van der Waals surface area contributed by atoms with Gasteiger partial charge in [-0.15, -0.1) is 0 Å². The van der Waals surface area contributed by atoms with Crippen LogP contribution in [0.3, 0.4) is 0 Å². The minimum atomic E-state index is -0.165. The lowest BCUT2D eigenvalue weighted by atomic mass is 10.0. The number of nitrogens with zero attached hydrogens (tertiary/aromatic N) is 1. The molecule has 4 heteroatoms. The van der Waals surface area contributed by atoms with Crippen LogP contribution in [-0.4, -0.2) is 19.0 Å². The Morgan fingerprint density at radius 3 is 1.92 bits per heavy atom. The molecule has 0 spiro atoms. The molecule has 0 bridgehead atoms. The van der Waals surface area contributed by atoms with E-state index < -0.39 is 0 Å². The normalized spacial score (nSPS) is 14.4. The summed E-state index contributed by atoms with van der Waals surface area (Å²) in [4.78, 5) is 13.8. The quantitative estimate of drug-likeness (QED) is 0.484. The molecule has 3 N–H and O–H groups in total. The molecule has 132 valence electrons. The van der Waals surface area contributed by atoms with E-state index in [-0.39, 0.29) is 5.91 Å². The summed E-state index contributed by atoms with van der Waals surface area (Å²) in [5.41, 5.74) is 7.15. The molecular weight excluding hydrogens is 310 g/mol. The standard InChI is InChI=1S/C21H27N3O/c22-23-21(25)16-19-8-6-17(7-9-19)4-5-18-10-12-20(13-11-18)24-14-2-1-3-15-24/h6-13H,1-5,14-16,22H2,(H,23,25). The smallest absolute Gasteiger partial charge is 0.238 e. The molecule has 2 aromatic carbocycles. The zero-order valence-corrected chi connectivity index (χ0v) is 14.7. The molecule has 3 rings (SSSR count). The van der Waals surface area contributed by atoms with Crippen LogP contribution in [0.4, 0.5) is 5.69 Å². The lowest BCUT2D eigenvalue weighted by molar-refractivity contribution is -0.120. The second-order valence-corrected chi connectivity index (χ2v) is 6.77. The third-order valence-corrected chi connectivity index (χ3v) is 4.91. The van der Waals surface area contributed by atoms with E-state index in [4.69, 9.17) is 5.84 Å². The van der Waals surface area contributed by atoms with Crippen LogP contribution in [0.5, 0.6) is 0 Å². The number of hydrogen-bond donors (Lipinski definition) is 2. The fourth-order valence-corrected chi connectivity index (χ4v) is 3.37. The molecule has 1 saturated heterocycles. The number of amides is 1. The Bertz CT molecular complexity index is 673. The van der Waals surface area contributed by atoms with Gasteiger partial charge in [-0.25, -0.2) is 5.84 Å². The summed E-state index contributed by atoms with van der Waals surface area (Å²) in [5.74, 6) is 4.95. The van der Waals surface area contributed by atoms with Crippen molar-refractivity contribution in [1.82, 2.24) is 5.43 Å². The summed E-state index contributed by atoms with van der Waals surface area (Å²) >= 11 is 0. The summed E-state index contributed by atoms with van der Waals surface area (Å²) in [5, 5.41) is 0. The molecule has 0 aliphatic carbocycles. The van der Waals surface area contributed by atoms with Crippen LogP contribution in [0.15, 0.2) is 48.5 Å². The zero-order valence-electron chi connectivity index (χ0n) is 14.7. The third kappa shape index (κ3) is 5.07. The van der Waals surface area contributed by atoms with Crippen molar-refractivity contribution in [3.05, 3.63) is 65.2 Å². The van der Waals surface area contributed by atoms with Crippen molar-refractivity contribution >= 4 is 11.6 Å². The number of nitrogens with one attached hydrogen (secondary N) is 1. The second-order valence-electron chi connectivity index (χ2n) is 6.77. The highest BCUT2D eigenvalue weighted by Crippen LogP contribution is 2.20. The van der Waals surface area contributed by atoms with Gasteiger partial charge in [-0.05, 0) is 60.9 Å². The summed E-state index contributed by atoms with van der Waals surface area (Å²) in [6.07, 6.45) is 6.35. The summed E-state index contributed by atoms with van der Waals surface area (Å²) in [6.45, 7) is 2.38. The SMILES string of the molecule is NNC(=O)Cc1ccc(CCc2ccc(N3CCCCC3)cc2)cc1. The van der Waals surface area contributed by atoms with Crippen molar-refractivity contribution in [2.24, 2.45) is 5.84 Å². The number of benzene rings is 2. The number of hydrogen-bond acceptors (Lipinski definition) is 3. The van der Waals surface area contributed by atoms with Gasteiger partial charge in [0, 0.05) is 18.8 Å². The number of rotatable bonds is 6. The number of anilines is 1. The van der Waals surface area contributed by atoms with Crippen molar-refractivity contribution in [2.75, 3.05) is 18.0 Å². The maximum atomic E-state index is 11.3. The van der Waals surface area contributed by atoms with Crippen molar-refractivity contribution < 1.29 is 4.79 Å². The van der Waals surface area contributed by atoms with Gasteiger partial charge in [-0.1, -0.05) is 36.4 Å². The van der Waals surface area contributed by atoms with E-state index >= 15 is 0 Å². The van der Waals surface area contributed by atoms with Crippen LogP contribution >= 0.6 is 0 Å². The van der Waals surface area contributed by atoms with E-state index in [0.29, 0.717) is 6.42 Å². The molecule has 1 heterocycles. The number of aryl methyl sites for hydroxylation is 2. The monoisotopic (exact) mass is 337 g/mol. The molecule has 1 aliphatic rings. The van der Waals surface area contributed by atoms with Crippen molar-refractivity contribution in [3.63, 3.8) is 0 Å². The number of nitrogens with two attached hydrogens (primary N) is 1. The first-order chi connectivity index (χ1) is 12.2. The highest BCUT2D eigenvalue weighted by Gasteiger charge is 2.10. The predicted molar refractivity (Wildman–Crippen MR) is 102 cm³/mol. The Morgan fingerprint density at radius 1 is 0.840 bits per heavy atom. The molecule has 1 aliphatic heterocycles. The molecule has 0 radical (unpaired) electrons. The van der Waals surface area contributed by atoms with Gasteiger partial charge in [-0.2, -0.15) is 0 Å². The highest BCUT2D eigenvalue weighted by molar-refractivity contribution is 5.77. The third-order valence-electron chi connectivity index (χ3n) is 4.91. The van der Waals surface area contributed by atoms with Gasteiger partial charge in [0.2, 0.25) is 5.91 Å². The minimum absolute atomic E-state index is 0.165. The molecule has 1 amide bonds. The molecule has 25 heavy (non-hydrogen) atoms. The predicted octanol–water partition coefficient (Wildman–Crippen LogP) is 2.99. The first kappa shape index (κ1) is 17.5. The minimum Gasteiger partial charge on any atom is -0.372 e. The van der Waals surface area contributed by atoms with Gasteiger partial charge in [0.25, 0.3) is 0 Å². The van der Waals surface area contributed by atoms with E-state index in [1.165, 1.54) is 49.2 Å². The van der Waals surface area contributed by atoms with Crippen LogP contribution in [0.2, 0.25) is 0 Å². The van der Waals surface area contributed by atoms with Gasteiger partial charge in [0.1, 0.15) is 0 Å². The van der Waals surface area contributed by atoms with Gasteiger partial charge in [-0.3, -0.25) is 10.2 Å². The van der Waals surface area contributed by atoms with Crippen LogP contribution < -0.4 is 16.2 Å². The zero-order chi connectivity index (χ0) is 17.5. The molecule has 4 nitrogen and oxygen atoms in total. The molecular formula is C21H27N3O. The number of carbonyl (C=O) groups excluding carboxylic acids is 1. The van der Waals surface area contributed by atoms with E-state index in [9.17, 15) is 4.79 Å². The number of carbonyl (C=O) groups is 1. The molecule has 2 aromatic rings. The molecule has 0 atom stereocenters. The Kier molecular flexibility index (Phi) is 6.07. The van der Waals surface area contributed by atoms with Crippen LogP contribution in [0.25, 0.3) is 0 Å². The van der Waals surface area contributed by atoms with Crippen LogP contribution in [0, 0.1) is 0 Å². The average molecular weight is 337 g/mol. The van der Waals surface area contributed by atoms with Crippen LogP contribution in [-0.2, 0) is 24.1 Å². The van der Waals surface area contributed by atoms with Crippen molar-refractivity contribution in [3.8, 4) is 0 Å². The average Bonchev–Trinajstić information content (AvgIpc) is 2.68. The first-order valence-electron chi connectivity index (χ1n) is 9.16. The fraction of sp³-hybridized carbons (Fsp3) is 0.381. The number of piperidine rings is 1. The first-order valence-corrected chi connectivity index (χ1v) is 9.16. The highest BCUT2D eigenvalue weighted by atomic mass is 16.2. The van der Waals surface area contributed by atoms with Gasteiger partial charge in [0.15, 0.2) is 0 Å². The Balaban J connectivity index is 1.52. The van der Waals surface area contributed by atoms with Gasteiger partial charge >= 0.3 is 0 Å². The lowest BCUT2D eigenvalue weighted by Gasteiger charge is -2.28. The Morgan fingerprint density at radius 2 is 1.36 bits per heavy atom. The van der Waals surface area contributed by atoms with E-state index in [1.54, 1.807) is 0 Å². The summed E-state index contributed by atoms with van der Waals surface area (Å²) in [6, 6.07) is 17.2. The maximum Gasteiger partial charge on any atom is 0.238 e. The molecule has 0 aromatic heterocycles.